The minimum atomic E-state index is -4.10. The second kappa shape index (κ2) is 12.4. The number of carbonyl (C=O) groups excluding carboxylic acids is 1. The number of rotatable bonds is 10. The van der Waals surface area contributed by atoms with Crippen LogP contribution < -0.4 is 24.0 Å². The van der Waals surface area contributed by atoms with Crippen molar-refractivity contribution < 1.29 is 22.7 Å². The maximum absolute atomic E-state index is 13.8. The lowest BCUT2D eigenvalue weighted by Crippen LogP contribution is -2.41. The zero-order valence-corrected chi connectivity index (χ0v) is 23.8. The molecule has 0 bridgehead atoms. The average Bonchev–Trinajstić information content (AvgIpc) is 2.95. The number of sulfonamides is 1. The zero-order valence-electron chi connectivity index (χ0n) is 23.0. The molecule has 1 fully saturated rings. The van der Waals surface area contributed by atoms with Crippen LogP contribution in [0.5, 0.6) is 11.5 Å². The van der Waals surface area contributed by atoms with Crippen molar-refractivity contribution in [3.05, 3.63) is 77.9 Å². The monoisotopic (exact) mass is 551 g/mol. The van der Waals surface area contributed by atoms with Crippen LogP contribution in [-0.2, 0) is 21.4 Å². The van der Waals surface area contributed by atoms with Gasteiger partial charge in [0.2, 0.25) is 5.91 Å². The topological polar surface area (TPSA) is 88.2 Å². The summed E-state index contributed by atoms with van der Waals surface area (Å²) in [6, 6.07) is 19.5. The van der Waals surface area contributed by atoms with E-state index in [1.165, 1.54) is 44.9 Å². The first kappa shape index (κ1) is 28.3. The van der Waals surface area contributed by atoms with Crippen molar-refractivity contribution in [2.24, 2.45) is 5.92 Å². The molecule has 39 heavy (non-hydrogen) atoms. The first-order valence-electron chi connectivity index (χ1n) is 13.1. The molecule has 0 aliphatic carbocycles. The Balaban J connectivity index is 1.53. The normalized spacial score (nSPS) is 15.5. The summed E-state index contributed by atoms with van der Waals surface area (Å²) in [4.78, 5) is 15.6. The quantitative estimate of drug-likeness (QED) is 0.391. The predicted molar refractivity (Wildman–Crippen MR) is 154 cm³/mol. The van der Waals surface area contributed by atoms with Crippen LogP contribution in [0, 0.1) is 12.8 Å². The molecule has 3 aromatic rings. The summed E-state index contributed by atoms with van der Waals surface area (Å²) in [6.07, 6.45) is 2.46. The molecule has 1 N–H and O–H groups in total. The van der Waals surface area contributed by atoms with Crippen molar-refractivity contribution in [3.63, 3.8) is 0 Å². The third-order valence-electron chi connectivity index (χ3n) is 7.00. The highest BCUT2D eigenvalue weighted by atomic mass is 32.2. The van der Waals surface area contributed by atoms with Gasteiger partial charge >= 0.3 is 0 Å². The molecule has 1 unspecified atom stereocenters. The van der Waals surface area contributed by atoms with Gasteiger partial charge in [-0.25, -0.2) is 8.42 Å². The molecule has 208 valence electrons. The molecule has 1 aliphatic rings. The highest BCUT2D eigenvalue weighted by molar-refractivity contribution is 7.92. The molecule has 1 saturated heterocycles. The second-order valence-corrected chi connectivity index (χ2v) is 11.9. The third-order valence-corrected chi connectivity index (χ3v) is 8.77. The molecule has 1 heterocycles. The van der Waals surface area contributed by atoms with E-state index in [-0.39, 0.29) is 17.1 Å². The van der Waals surface area contributed by atoms with Crippen LogP contribution in [0.2, 0.25) is 0 Å². The van der Waals surface area contributed by atoms with Gasteiger partial charge in [-0.2, -0.15) is 0 Å². The standard InChI is InChI=1S/C30H37N3O5S/c1-22-7-14-27(15-8-22)39(35,36)33(28-18-26(37-3)13-16-29(28)38-4)21-30(34)31-19-24-9-11-25(12-10-24)32-17-5-6-23(2)20-32/h7-16,18,23H,5-6,17,19-21H2,1-4H3,(H,31,34). The second-order valence-electron chi connectivity index (χ2n) is 10.00. The third kappa shape index (κ3) is 6.84. The number of aryl methyl sites for hydroxylation is 1. The largest absolute Gasteiger partial charge is 0.497 e. The summed E-state index contributed by atoms with van der Waals surface area (Å²) in [5.41, 5.74) is 3.26. The lowest BCUT2D eigenvalue weighted by molar-refractivity contribution is -0.119. The van der Waals surface area contributed by atoms with Crippen LogP contribution in [0.4, 0.5) is 11.4 Å². The summed E-state index contributed by atoms with van der Waals surface area (Å²) in [6.45, 7) is 6.12. The van der Waals surface area contributed by atoms with E-state index in [1.807, 2.05) is 19.1 Å². The van der Waals surface area contributed by atoms with Crippen LogP contribution in [0.25, 0.3) is 0 Å². The van der Waals surface area contributed by atoms with Gasteiger partial charge in [-0.3, -0.25) is 9.10 Å². The average molecular weight is 552 g/mol. The van der Waals surface area contributed by atoms with E-state index in [9.17, 15) is 13.2 Å². The SMILES string of the molecule is COc1ccc(OC)c(N(CC(=O)NCc2ccc(N3CCCC(C)C3)cc2)S(=O)(=O)c2ccc(C)cc2)c1. The maximum Gasteiger partial charge on any atom is 0.264 e. The molecule has 0 aromatic heterocycles. The van der Waals surface area contributed by atoms with Crippen LogP contribution >= 0.6 is 0 Å². The lowest BCUT2D eigenvalue weighted by atomic mass is 9.99. The molecular weight excluding hydrogens is 514 g/mol. The number of hydrogen-bond acceptors (Lipinski definition) is 6. The minimum absolute atomic E-state index is 0.0772. The molecule has 1 atom stereocenters. The van der Waals surface area contributed by atoms with Gasteiger partial charge in [0.15, 0.2) is 0 Å². The van der Waals surface area contributed by atoms with E-state index in [1.54, 1.807) is 30.3 Å². The molecule has 1 aliphatic heterocycles. The molecular formula is C30H37N3O5S. The highest BCUT2D eigenvalue weighted by Crippen LogP contribution is 2.35. The molecule has 3 aromatic carbocycles. The maximum atomic E-state index is 13.8. The van der Waals surface area contributed by atoms with Gasteiger partial charge in [0.25, 0.3) is 10.0 Å². The fourth-order valence-electron chi connectivity index (χ4n) is 4.76. The number of piperidine rings is 1. The van der Waals surface area contributed by atoms with Crippen molar-refractivity contribution in [2.75, 3.05) is 43.1 Å². The summed E-state index contributed by atoms with van der Waals surface area (Å²) in [5, 5.41) is 2.87. The van der Waals surface area contributed by atoms with Crippen LogP contribution in [0.15, 0.2) is 71.6 Å². The van der Waals surface area contributed by atoms with Gasteiger partial charge < -0.3 is 19.7 Å². The smallest absolute Gasteiger partial charge is 0.264 e. The molecule has 0 saturated carbocycles. The molecule has 4 rings (SSSR count). The van der Waals surface area contributed by atoms with Gasteiger partial charge in [-0.15, -0.1) is 0 Å². The Morgan fingerprint density at radius 1 is 1.03 bits per heavy atom. The molecule has 9 heteroatoms. The number of carbonyl (C=O) groups is 1. The Kier molecular flexibility index (Phi) is 9.01. The zero-order chi connectivity index (χ0) is 28.0. The van der Waals surface area contributed by atoms with Gasteiger partial charge in [-0.1, -0.05) is 36.8 Å². The fraction of sp³-hybridized carbons (Fsp3) is 0.367. The first-order chi connectivity index (χ1) is 18.7. The number of benzene rings is 3. The fourth-order valence-corrected chi connectivity index (χ4v) is 6.19. The van der Waals surface area contributed by atoms with Crippen molar-refractivity contribution in [1.29, 1.82) is 0 Å². The van der Waals surface area contributed by atoms with E-state index in [4.69, 9.17) is 9.47 Å². The Hall–Kier alpha value is -3.72. The first-order valence-corrected chi connectivity index (χ1v) is 14.6. The lowest BCUT2D eigenvalue weighted by Gasteiger charge is -2.32. The molecule has 0 radical (unpaired) electrons. The van der Waals surface area contributed by atoms with Gasteiger partial charge in [-0.05, 0) is 67.6 Å². The number of hydrogen-bond donors (Lipinski definition) is 1. The molecule has 1 amide bonds. The van der Waals surface area contributed by atoms with E-state index in [0.29, 0.717) is 17.4 Å². The number of methoxy groups -OCH3 is 2. The Morgan fingerprint density at radius 3 is 2.38 bits per heavy atom. The van der Waals surface area contributed by atoms with E-state index >= 15 is 0 Å². The Labute approximate surface area is 231 Å². The van der Waals surface area contributed by atoms with Gasteiger partial charge in [0, 0.05) is 31.4 Å². The van der Waals surface area contributed by atoms with Crippen LogP contribution in [0.1, 0.15) is 30.9 Å². The summed E-state index contributed by atoms with van der Waals surface area (Å²) < 4.78 is 39.4. The number of nitrogens with zero attached hydrogens (tertiary/aromatic N) is 2. The number of ether oxygens (including phenoxy) is 2. The molecule has 0 spiro atoms. The van der Waals surface area contributed by atoms with E-state index in [2.05, 4.69) is 29.3 Å². The summed E-state index contributed by atoms with van der Waals surface area (Å²) in [7, 11) is -1.15. The van der Waals surface area contributed by atoms with E-state index in [0.717, 1.165) is 28.5 Å². The minimum Gasteiger partial charge on any atom is -0.497 e. The summed E-state index contributed by atoms with van der Waals surface area (Å²) in [5.74, 6) is 0.991. The van der Waals surface area contributed by atoms with Crippen LogP contribution in [-0.4, -0.2) is 48.2 Å². The Morgan fingerprint density at radius 2 is 1.74 bits per heavy atom. The van der Waals surface area contributed by atoms with Crippen molar-refractivity contribution in [3.8, 4) is 11.5 Å². The van der Waals surface area contributed by atoms with Crippen molar-refractivity contribution >= 4 is 27.3 Å². The van der Waals surface area contributed by atoms with Gasteiger partial charge in [0.1, 0.15) is 18.0 Å². The highest BCUT2D eigenvalue weighted by Gasteiger charge is 2.30. The van der Waals surface area contributed by atoms with E-state index < -0.39 is 22.5 Å². The number of anilines is 2. The summed E-state index contributed by atoms with van der Waals surface area (Å²) >= 11 is 0. The predicted octanol–water partition coefficient (Wildman–Crippen LogP) is 4.76. The Bertz CT molecular complexity index is 1370. The van der Waals surface area contributed by atoms with Crippen molar-refractivity contribution in [1.82, 2.24) is 5.32 Å². The van der Waals surface area contributed by atoms with Gasteiger partial charge in [0.05, 0.1) is 24.8 Å². The number of nitrogens with one attached hydrogen (secondary N) is 1. The van der Waals surface area contributed by atoms with Crippen LogP contribution in [0.3, 0.4) is 0 Å². The molecule has 8 nitrogen and oxygen atoms in total. The van der Waals surface area contributed by atoms with Crippen molar-refractivity contribution in [2.45, 2.75) is 38.1 Å². The number of amides is 1.